The van der Waals surface area contributed by atoms with Crippen LogP contribution in [0.25, 0.3) is 0 Å². The molecule has 2 N–H and O–H groups in total. The molecule has 16 heavy (non-hydrogen) atoms. The third-order valence-corrected chi connectivity index (χ3v) is 3.94. The average Bonchev–Trinajstić information content (AvgIpc) is 2.68. The molecule has 1 aromatic carbocycles. The van der Waals surface area contributed by atoms with Gasteiger partial charge in [-0.1, -0.05) is 31.9 Å². The Morgan fingerprint density at radius 2 is 1.94 bits per heavy atom. The van der Waals surface area contributed by atoms with Crippen molar-refractivity contribution in [1.29, 1.82) is 0 Å². The van der Waals surface area contributed by atoms with E-state index >= 15 is 0 Å². The van der Waals surface area contributed by atoms with Gasteiger partial charge in [-0.25, -0.2) is 0 Å². The Bertz CT molecular complexity index is 451. The maximum atomic E-state index is 6.16. The first kappa shape index (κ1) is 12.2. The van der Waals surface area contributed by atoms with Gasteiger partial charge in [-0.3, -0.25) is 4.98 Å². The summed E-state index contributed by atoms with van der Waals surface area (Å²) in [5.74, 6) is 0. The summed E-state index contributed by atoms with van der Waals surface area (Å²) in [7, 11) is 0. The molecule has 0 saturated carbocycles. The molecule has 0 aliphatic carbocycles. The number of halogens is 2. The SMILES string of the molecule is NC(Cc1cncs1)c1cc(Br)cc(Br)c1. The molecule has 0 bridgehead atoms. The second-order valence-corrected chi connectivity index (χ2v) is 6.28. The zero-order valence-corrected chi connectivity index (χ0v) is 12.3. The minimum absolute atomic E-state index is 0.00856. The number of benzene rings is 1. The van der Waals surface area contributed by atoms with Crippen molar-refractivity contribution in [3.05, 3.63) is 49.3 Å². The molecule has 1 heterocycles. The van der Waals surface area contributed by atoms with Gasteiger partial charge in [-0.05, 0) is 23.8 Å². The van der Waals surface area contributed by atoms with Gasteiger partial charge < -0.3 is 5.73 Å². The third kappa shape index (κ3) is 3.13. The van der Waals surface area contributed by atoms with Crippen LogP contribution in [-0.4, -0.2) is 4.98 Å². The topological polar surface area (TPSA) is 38.9 Å². The molecule has 0 aliphatic rings. The van der Waals surface area contributed by atoms with Crippen LogP contribution in [0.4, 0.5) is 0 Å². The van der Waals surface area contributed by atoms with Gasteiger partial charge in [-0.2, -0.15) is 0 Å². The molecule has 1 atom stereocenters. The lowest BCUT2D eigenvalue weighted by molar-refractivity contribution is 0.728. The Morgan fingerprint density at radius 1 is 1.25 bits per heavy atom. The molecule has 0 saturated heterocycles. The van der Waals surface area contributed by atoms with Gasteiger partial charge in [0.2, 0.25) is 0 Å². The second-order valence-electron chi connectivity index (χ2n) is 3.48. The summed E-state index contributed by atoms with van der Waals surface area (Å²) in [6.45, 7) is 0. The summed E-state index contributed by atoms with van der Waals surface area (Å²) in [4.78, 5) is 5.26. The molecule has 5 heteroatoms. The first-order valence-corrected chi connectivity index (χ1v) is 7.20. The fraction of sp³-hybridized carbons (Fsp3) is 0.182. The first-order valence-electron chi connectivity index (χ1n) is 4.74. The molecule has 2 aromatic rings. The van der Waals surface area contributed by atoms with Crippen LogP contribution < -0.4 is 5.73 Å². The number of thiazole rings is 1. The highest BCUT2D eigenvalue weighted by molar-refractivity contribution is 9.11. The van der Waals surface area contributed by atoms with E-state index in [1.165, 1.54) is 4.88 Å². The third-order valence-electron chi connectivity index (χ3n) is 2.22. The summed E-state index contributed by atoms with van der Waals surface area (Å²) >= 11 is 8.57. The van der Waals surface area contributed by atoms with Gasteiger partial charge >= 0.3 is 0 Å². The fourth-order valence-corrected chi connectivity index (χ4v) is 3.45. The van der Waals surface area contributed by atoms with E-state index in [9.17, 15) is 0 Å². The maximum Gasteiger partial charge on any atom is 0.0794 e. The quantitative estimate of drug-likeness (QED) is 0.899. The minimum Gasteiger partial charge on any atom is -0.324 e. The standard InChI is InChI=1S/C11H10Br2N2S/c12-8-1-7(2-9(13)3-8)11(14)4-10-5-15-6-16-10/h1-3,5-6,11H,4,14H2. The highest BCUT2D eigenvalue weighted by atomic mass is 79.9. The van der Waals surface area contributed by atoms with Crippen molar-refractivity contribution in [2.45, 2.75) is 12.5 Å². The van der Waals surface area contributed by atoms with E-state index in [1.807, 2.05) is 17.8 Å². The number of rotatable bonds is 3. The van der Waals surface area contributed by atoms with Gasteiger partial charge in [0.25, 0.3) is 0 Å². The van der Waals surface area contributed by atoms with Crippen LogP contribution in [0.15, 0.2) is 38.9 Å². The zero-order valence-electron chi connectivity index (χ0n) is 8.36. The van der Waals surface area contributed by atoms with Gasteiger partial charge in [0.15, 0.2) is 0 Å². The van der Waals surface area contributed by atoms with Gasteiger partial charge in [0.05, 0.1) is 5.51 Å². The highest BCUT2D eigenvalue weighted by Crippen LogP contribution is 2.25. The second kappa shape index (κ2) is 5.40. The summed E-state index contributed by atoms with van der Waals surface area (Å²) in [5.41, 5.74) is 9.11. The molecule has 1 aromatic heterocycles. The van der Waals surface area contributed by atoms with E-state index in [0.29, 0.717) is 0 Å². The Morgan fingerprint density at radius 3 is 2.50 bits per heavy atom. The maximum absolute atomic E-state index is 6.16. The lowest BCUT2D eigenvalue weighted by atomic mass is 10.0. The number of hydrogen-bond donors (Lipinski definition) is 1. The van der Waals surface area contributed by atoms with Crippen molar-refractivity contribution in [2.24, 2.45) is 5.73 Å². The summed E-state index contributed by atoms with van der Waals surface area (Å²) in [5, 5.41) is 0. The Labute approximate surface area is 115 Å². The smallest absolute Gasteiger partial charge is 0.0794 e. The molecule has 0 amide bonds. The molecule has 1 unspecified atom stereocenters. The van der Waals surface area contributed by atoms with Crippen LogP contribution in [0.2, 0.25) is 0 Å². The lowest BCUT2D eigenvalue weighted by Crippen LogP contribution is -2.12. The number of nitrogens with zero attached hydrogens (tertiary/aromatic N) is 1. The average molecular weight is 362 g/mol. The molecule has 2 nitrogen and oxygen atoms in total. The van der Waals surface area contributed by atoms with Crippen molar-refractivity contribution in [2.75, 3.05) is 0 Å². The molecule has 2 rings (SSSR count). The molecule has 84 valence electrons. The summed E-state index contributed by atoms with van der Waals surface area (Å²) < 4.78 is 2.08. The number of hydrogen-bond acceptors (Lipinski definition) is 3. The van der Waals surface area contributed by atoms with Gasteiger partial charge in [0, 0.05) is 32.5 Å². The van der Waals surface area contributed by atoms with Crippen LogP contribution in [0.5, 0.6) is 0 Å². The van der Waals surface area contributed by atoms with Crippen molar-refractivity contribution in [1.82, 2.24) is 4.98 Å². The molecular weight excluding hydrogens is 352 g/mol. The van der Waals surface area contributed by atoms with Crippen LogP contribution >= 0.6 is 43.2 Å². The molecule has 0 spiro atoms. The van der Waals surface area contributed by atoms with Crippen molar-refractivity contribution < 1.29 is 0 Å². The first-order chi connectivity index (χ1) is 7.65. The Hall–Kier alpha value is -0.230. The van der Waals surface area contributed by atoms with Crippen LogP contribution in [0, 0.1) is 0 Å². The van der Waals surface area contributed by atoms with Crippen LogP contribution in [-0.2, 0) is 6.42 Å². The van der Waals surface area contributed by atoms with Crippen LogP contribution in [0.1, 0.15) is 16.5 Å². The highest BCUT2D eigenvalue weighted by Gasteiger charge is 2.09. The van der Waals surface area contributed by atoms with Crippen LogP contribution in [0.3, 0.4) is 0 Å². The number of nitrogens with two attached hydrogens (primary N) is 1. The van der Waals surface area contributed by atoms with Crippen molar-refractivity contribution in [3.8, 4) is 0 Å². The van der Waals surface area contributed by atoms with E-state index in [2.05, 4.69) is 49.0 Å². The summed E-state index contributed by atoms with van der Waals surface area (Å²) in [6.07, 6.45) is 2.70. The Kier molecular flexibility index (Phi) is 4.13. The van der Waals surface area contributed by atoms with E-state index in [-0.39, 0.29) is 6.04 Å². The van der Waals surface area contributed by atoms with Crippen molar-refractivity contribution in [3.63, 3.8) is 0 Å². The van der Waals surface area contributed by atoms with E-state index < -0.39 is 0 Å². The molecule has 0 fully saturated rings. The monoisotopic (exact) mass is 360 g/mol. The normalized spacial score (nSPS) is 12.7. The molecule has 0 radical (unpaired) electrons. The van der Waals surface area contributed by atoms with Gasteiger partial charge in [0.1, 0.15) is 0 Å². The van der Waals surface area contributed by atoms with E-state index in [1.54, 1.807) is 11.3 Å². The predicted octanol–water partition coefficient (Wildman–Crippen LogP) is 3.91. The zero-order chi connectivity index (χ0) is 11.5. The van der Waals surface area contributed by atoms with E-state index in [0.717, 1.165) is 20.9 Å². The summed E-state index contributed by atoms with van der Waals surface area (Å²) in [6, 6.07) is 6.12. The minimum atomic E-state index is 0.00856. The largest absolute Gasteiger partial charge is 0.324 e. The molecule has 0 aliphatic heterocycles. The van der Waals surface area contributed by atoms with Gasteiger partial charge in [-0.15, -0.1) is 11.3 Å². The van der Waals surface area contributed by atoms with E-state index in [4.69, 9.17) is 5.73 Å². The van der Waals surface area contributed by atoms with Crippen molar-refractivity contribution >= 4 is 43.2 Å². The fourth-order valence-electron chi connectivity index (χ4n) is 1.47. The predicted molar refractivity (Wildman–Crippen MR) is 74.6 cm³/mol. The number of aromatic nitrogens is 1. The Balaban J connectivity index is 2.17. The molecular formula is C11H10Br2N2S. The lowest BCUT2D eigenvalue weighted by Gasteiger charge is -2.11.